The van der Waals surface area contributed by atoms with Crippen LogP contribution < -0.4 is 32.3 Å². The van der Waals surface area contributed by atoms with Crippen molar-refractivity contribution in [3.8, 4) is 0 Å². The quantitative estimate of drug-likeness (QED) is 0.109. The molecule has 5 saturated heterocycles. The number of allylic oxidation sites excluding steroid dienone is 2. The number of nitrogens with one attached hydrogen (secondary N) is 5. The average Bonchev–Trinajstić information content (AvgIpc) is 3.83. The van der Waals surface area contributed by atoms with E-state index in [9.17, 15) is 63.9 Å². The van der Waals surface area contributed by atoms with Crippen molar-refractivity contribution in [3.05, 3.63) is 23.0 Å². The standard InChI is InChI=1S/C42H58N6O13/c1-40(16-30(43)50)22(5-9-33(54)55)27-15-42-41(2,17-31(51)48-42)23(6-10-34(56)57)26(47-42)13-24-20(11-35(58)59)19(4-8-32(52)53)39(45-24)37-28(49)7-3-18-21(12-36(60)61)25(46-38(18)37)14-29(40)44-27/h13,18-23,25-27,29,39,44-47H,3-12,14-17H2,1-2H3,(H2,43,50)(H,48,51)(H,52,53)(H,54,55)(H,56,57)(H,58,59)(H,60,61)/b24-13-/t18-,19-,20-,21-,22+,23+,25+,26?,27-,29?,39?,40-,41-,42-/m0/s1. The molecule has 0 aromatic heterocycles. The highest BCUT2D eigenvalue weighted by molar-refractivity contribution is 5.98. The summed E-state index contributed by atoms with van der Waals surface area (Å²) in [5.41, 5.74) is 4.08. The van der Waals surface area contributed by atoms with Crippen molar-refractivity contribution in [2.24, 2.45) is 52.1 Å². The number of carboxylic acids is 5. The van der Waals surface area contributed by atoms with Crippen molar-refractivity contribution in [3.63, 3.8) is 0 Å². The van der Waals surface area contributed by atoms with Crippen LogP contribution in [0.5, 0.6) is 0 Å². The summed E-state index contributed by atoms with van der Waals surface area (Å²) in [5.74, 6) is -10.1. The number of nitrogens with two attached hydrogens (primary N) is 1. The fraction of sp³-hybridized carbons (Fsp3) is 0.714. The third kappa shape index (κ3) is 7.98. The van der Waals surface area contributed by atoms with Gasteiger partial charge in [-0.2, -0.15) is 0 Å². The first kappa shape index (κ1) is 44.0. The Morgan fingerprint density at radius 3 is 2.07 bits per heavy atom. The SMILES string of the molecule is C[C@@]12CC(=O)N[C@@]13C[C@@H]1NC(C[C@H]4NC5=C(C(=O)CC[C@H]5[C@@H]4CC(=O)O)C4N/C(=C\C(N3)[C@H]2CCC(=O)O)[C@@H](CC(=O)O)[C@@H]4CCC(=O)O)[C@@](C)(CC(N)=O)[C@@H]1CCC(=O)O. The number of fused-ring (bicyclic) bond motifs is 7. The van der Waals surface area contributed by atoms with Gasteiger partial charge in [-0.15, -0.1) is 0 Å². The Kier molecular flexibility index (Phi) is 11.8. The third-order valence-electron chi connectivity index (χ3n) is 15.8. The van der Waals surface area contributed by atoms with E-state index in [4.69, 9.17) is 5.73 Å². The summed E-state index contributed by atoms with van der Waals surface area (Å²) in [6, 6.07) is -3.21. The second-order valence-corrected chi connectivity index (χ2v) is 19.2. The summed E-state index contributed by atoms with van der Waals surface area (Å²) in [5, 5.41) is 67.9. The molecule has 0 radical (unpaired) electrons. The summed E-state index contributed by atoms with van der Waals surface area (Å²) >= 11 is 0. The number of Topliss-reactive ketones (excluding diaryl/α,β-unsaturated/α-hetero) is 1. The number of carboxylic acid groups (broad SMARTS) is 5. The highest BCUT2D eigenvalue weighted by Gasteiger charge is 2.68. The molecule has 0 aromatic rings. The van der Waals surface area contributed by atoms with Gasteiger partial charge in [0.15, 0.2) is 5.78 Å². The minimum Gasteiger partial charge on any atom is -0.481 e. The molecule has 14 atom stereocenters. The van der Waals surface area contributed by atoms with Crippen LogP contribution in [0.2, 0.25) is 0 Å². The number of hydrogen-bond acceptors (Lipinski definition) is 12. The van der Waals surface area contributed by atoms with Crippen molar-refractivity contribution in [1.29, 1.82) is 0 Å². The van der Waals surface area contributed by atoms with Crippen molar-refractivity contribution in [2.75, 3.05) is 0 Å². The van der Waals surface area contributed by atoms with Crippen LogP contribution in [0.3, 0.4) is 0 Å². The van der Waals surface area contributed by atoms with Gasteiger partial charge in [0.1, 0.15) is 0 Å². The Balaban J connectivity index is 1.47. The average molecular weight is 855 g/mol. The van der Waals surface area contributed by atoms with Crippen LogP contribution in [-0.2, 0) is 38.4 Å². The molecule has 334 valence electrons. The lowest BCUT2D eigenvalue weighted by atomic mass is 9.63. The van der Waals surface area contributed by atoms with Crippen molar-refractivity contribution < 1.29 is 63.9 Å². The van der Waals surface area contributed by atoms with Crippen LogP contribution in [0.25, 0.3) is 0 Å². The third-order valence-corrected chi connectivity index (χ3v) is 15.8. The maximum atomic E-state index is 14.3. The van der Waals surface area contributed by atoms with Crippen molar-refractivity contribution in [2.45, 2.75) is 140 Å². The first-order chi connectivity index (χ1) is 28.7. The molecule has 3 unspecified atom stereocenters. The number of amides is 2. The topological polar surface area (TPSA) is 324 Å². The zero-order valence-corrected chi connectivity index (χ0v) is 34.4. The minimum absolute atomic E-state index is 0.00327. The van der Waals surface area contributed by atoms with Crippen LogP contribution in [0, 0.1) is 46.3 Å². The molecule has 6 aliphatic heterocycles. The molecule has 61 heavy (non-hydrogen) atoms. The Morgan fingerprint density at radius 1 is 0.803 bits per heavy atom. The lowest BCUT2D eigenvalue weighted by Gasteiger charge is -2.43. The van der Waals surface area contributed by atoms with Crippen LogP contribution in [0.1, 0.15) is 104 Å². The highest BCUT2D eigenvalue weighted by atomic mass is 16.4. The molecule has 0 saturated carbocycles. The molecular formula is C42H58N6O13. The monoisotopic (exact) mass is 854 g/mol. The van der Waals surface area contributed by atoms with Crippen LogP contribution in [0.4, 0.5) is 0 Å². The lowest BCUT2D eigenvalue weighted by molar-refractivity contribution is -0.139. The van der Waals surface area contributed by atoms with E-state index in [1.54, 1.807) is 0 Å². The molecule has 8 bridgehead atoms. The molecule has 19 heteroatoms. The van der Waals surface area contributed by atoms with Crippen LogP contribution >= 0.6 is 0 Å². The van der Waals surface area contributed by atoms with Gasteiger partial charge in [0, 0.05) is 103 Å². The van der Waals surface area contributed by atoms with Gasteiger partial charge in [0.25, 0.3) is 0 Å². The van der Waals surface area contributed by atoms with Gasteiger partial charge in [0.2, 0.25) is 11.8 Å². The van der Waals surface area contributed by atoms with Gasteiger partial charge < -0.3 is 52.5 Å². The summed E-state index contributed by atoms with van der Waals surface area (Å²) in [7, 11) is 0. The van der Waals surface area contributed by atoms with E-state index in [1.165, 1.54) is 0 Å². The summed E-state index contributed by atoms with van der Waals surface area (Å²) in [6.45, 7) is 3.78. The van der Waals surface area contributed by atoms with Crippen molar-refractivity contribution >= 4 is 47.4 Å². The number of primary amides is 1. The normalized spacial score (nSPS) is 40.6. The second-order valence-electron chi connectivity index (χ2n) is 19.2. The molecule has 7 aliphatic rings. The number of aliphatic carboxylic acids is 5. The molecular weight excluding hydrogens is 796 g/mol. The largest absolute Gasteiger partial charge is 0.481 e. The molecule has 12 N–H and O–H groups in total. The highest BCUT2D eigenvalue weighted by Crippen LogP contribution is 2.58. The lowest BCUT2D eigenvalue weighted by Crippen LogP contribution is -2.61. The van der Waals surface area contributed by atoms with E-state index in [2.05, 4.69) is 26.6 Å². The van der Waals surface area contributed by atoms with Gasteiger partial charge >= 0.3 is 29.8 Å². The zero-order valence-electron chi connectivity index (χ0n) is 34.4. The van der Waals surface area contributed by atoms with Gasteiger partial charge in [-0.1, -0.05) is 13.8 Å². The number of carbonyl (C=O) groups excluding carboxylic acids is 3. The fourth-order valence-corrected chi connectivity index (χ4v) is 13.3. The molecule has 1 spiro atoms. The summed E-state index contributed by atoms with van der Waals surface area (Å²) in [6.07, 6.45) is 1.27. The van der Waals surface area contributed by atoms with Gasteiger partial charge in [-0.25, -0.2) is 0 Å². The Morgan fingerprint density at radius 2 is 1.44 bits per heavy atom. The second kappa shape index (κ2) is 16.3. The first-order valence-corrected chi connectivity index (χ1v) is 21.4. The molecule has 6 heterocycles. The first-order valence-electron chi connectivity index (χ1n) is 21.4. The Bertz CT molecular complexity index is 1970. The molecule has 19 nitrogen and oxygen atoms in total. The Labute approximate surface area is 352 Å². The number of hydrogen-bond donors (Lipinski definition) is 11. The van der Waals surface area contributed by atoms with E-state index in [-0.39, 0.29) is 88.7 Å². The maximum absolute atomic E-state index is 14.3. The molecule has 2 amide bonds. The predicted octanol–water partition coefficient (Wildman–Crippen LogP) is 0.882. The summed E-state index contributed by atoms with van der Waals surface area (Å²) < 4.78 is 0. The number of carbonyl (C=O) groups is 8. The fourth-order valence-electron chi connectivity index (χ4n) is 13.3. The van der Waals surface area contributed by atoms with Crippen LogP contribution in [-0.4, -0.2) is 109 Å². The van der Waals surface area contributed by atoms with Gasteiger partial charge in [0.05, 0.1) is 24.5 Å². The Hall–Kier alpha value is -5.04. The molecule has 5 fully saturated rings. The number of rotatable bonds is 15. The van der Waals surface area contributed by atoms with Crippen molar-refractivity contribution in [1.82, 2.24) is 26.6 Å². The minimum atomic E-state index is -1.23. The predicted molar refractivity (Wildman–Crippen MR) is 212 cm³/mol. The molecule has 1 aliphatic carbocycles. The van der Waals surface area contributed by atoms with Crippen LogP contribution in [0.15, 0.2) is 23.0 Å². The zero-order chi connectivity index (χ0) is 44.3. The van der Waals surface area contributed by atoms with Gasteiger partial charge in [-0.05, 0) is 67.3 Å². The maximum Gasteiger partial charge on any atom is 0.304 e. The smallest absolute Gasteiger partial charge is 0.304 e. The van der Waals surface area contributed by atoms with E-state index in [0.29, 0.717) is 23.4 Å². The van der Waals surface area contributed by atoms with E-state index >= 15 is 0 Å². The van der Waals surface area contributed by atoms with E-state index in [1.807, 2.05) is 19.9 Å². The molecule has 0 aromatic carbocycles. The van der Waals surface area contributed by atoms with E-state index < -0.39 is 124 Å². The molecule has 7 rings (SSSR count). The number of ketones is 1. The van der Waals surface area contributed by atoms with E-state index in [0.717, 1.165) is 0 Å². The summed E-state index contributed by atoms with van der Waals surface area (Å²) in [4.78, 5) is 102. The van der Waals surface area contributed by atoms with Gasteiger partial charge in [-0.3, -0.25) is 43.7 Å².